The zero-order valence-corrected chi connectivity index (χ0v) is 9.55. The fourth-order valence-electron chi connectivity index (χ4n) is 2.93. The summed E-state index contributed by atoms with van der Waals surface area (Å²) in [6.07, 6.45) is -1.02. The molecule has 2 nitrogen and oxygen atoms in total. The highest BCUT2D eigenvalue weighted by molar-refractivity contribution is 6.21. The molecule has 0 fully saturated rings. The number of hydrogen-bond donors (Lipinski definition) is 1. The van der Waals surface area contributed by atoms with E-state index in [2.05, 4.69) is 6.07 Å². The van der Waals surface area contributed by atoms with Crippen LogP contribution in [0.15, 0.2) is 48.5 Å². The Morgan fingerprint density at radius 3 is 2.61 bits per heavy atom. The van der Waals surface area contributed by atoms with Gasteiger partial charge in [-0.05, 0) is 27.6 Å². The van der Waals surface area contributed by atoms with E-state index < -0.39 is 6.10 Å². The van der Waals surface area contributed by atoms with Crippen LogP contribution in [0.5, 0.6) is 0 Å². The van der Waals surface area contributed by atoms with Crippen LogP contribution in [-0.4, -0.2) is 10.9 Å². The molecule has 0 spiro atoms. The van der Waals surface area contributed by atoms with Crippen LogP contribution < -0.4 is 0 Å². The molecule has 1 N–H and O–H groups in total. The molecule has 0 heterocycles. The highest BCUT2D eigenvalue weighted by Crippen LogP contribution is 2.41. The van der Waals surface area contributed by atoms with E-state index in [1.54, 1.807) is 6.07 Å². The Labute approximate surface area is 103 Å². The van der Waals surface area contributed by atoms with Gasteiger partial charge in [-0.25, -0.2) is 0 Å². The number of Topliss-reactive ketones (excluding diaryl/α,β-unsaturated/α-hetero) is 1. The molecule has 3 aromatic carbocycles. The van der Waals surface area contributed by atoms with Gasteiger partial charge in [0.2, 0.25) is 0 Å². The third kappa shape index (κ3) is 1.03. The van der Waals surface area contributed by atoms with Gasteiger partial charge in [-0.2, -0.15) is 0 Å². The van der Waals surface area contributed by atoms with Crippen molar-refractivity contribution in [2.75, 3.05) is 0 Å². The van der Waals surface area contributed by atoms with Crippen LogP contribution in [0.3, 0.4) is 0 Å². The summed E-state index contributed by atoms with van der Waals surface area (Å²) in [5, 5.41) is 14.1. The Morgan fingerprint density at radius 2 is 1.72 bits per heavy atom. The van der Waals surface area contributed by atoms with Gasteiger partial charge in [0.05, 0.1) is 0 Å². The van der Waals surface area contributed by atoms with Gasteiger partial charge in [0.1, 0.15) is 6.10 Å². The number of carbonyl (C=O) groups excluding carboxylic acids is 1. The van der Waals surface area contributed by atoms with E-state index >= 15 is 0 Å². The zero-order valence-electron chi connectivity index (χ0n) is 9.55. The van der Waals surface area contributed by atoms with E-state index in [1.165, 1.54) is 0 Å². The van der Waals surface area contributed by atoms with Crippen molar-refractivity contribution in [3.05, 3.63) is 59.7 Å². The molecular formula is C16H10O2. The molecule has 0 radical (unpaired) electrons. The number of aliphatic hydroxyl groups is 1. The average molecular weight is 234 g/mol. The average Bonchev–Trinajstić information content (AvgIpc) is 2.66. The molecule has 0 saturated carbocycles. The molecule has 0 saturated heterocycles. The highest BCUT2D eigenvalue weighted by Gasteiger charge is 2.32. The molecule has 1 atom stereocenters. The SMILES string of the molecule is O=C1c2cccc3cc4ccccc4c(c23)[C@H]1O. The third-order valence-corrected chi connectivity index (χ3v) is 3.72. The maximum atomic E-state index is 12.1. The molecule has 0 aromatic heterocycles. The van der Waals surface area contributed by atoms with Gasteiger partial charge in [0, 0.05) is 11.1 Å². The Balaban J connectivity index is 2.34. The van der Waals surface area contributed by atoms with Crippen molar-refractivity contribution in [2.24, 2.45) is 0 Å². The predicted molar refractivity (Wildman–Crippen MR) is 70.7 cm³/mol. The summed E-state index contributed by atoms with van der Waals surface area (Å²) < 4.78 is 0. The van der Waals surface area contributed by atoms with Crippen LogP contribution in [0.4, 0.5) is 0 Å². The zero-order chi connectivity index (χ0) is 12.3. The summed E-state index contributed by atoms with van der Waals surface area (Å²) in [7, 11) is 0. The van der Waals surface area contributed by atoms with Gasteiger partial charge >= 0.3 is 0 Å². The van der Waals surface area contributed by atoms with Crippen LogP contribution in [0.2, 0.25) is 0 Å². The standard InChI is InChI=1S/C16H10O2/c17-15-12-7-3-5-10-8-9-4-1-2-6-11(9)14(13(10)12)16(15)18/h1-8,16,18H/t16-/m1/s1. The number of rotatable bonds is 0. The second kappa shape index (κ2) is 3.18. The minimum Gasteiger partial charge on any atom is -0.380 e. The lowest BCUT2D eigenvalue weighted by atomic mass is 9.97. The van der Waals surface area contributed by atoms with Crippen molar-refractivity contribution in [3.8, 4) is 0 Å². The molecule has 1 aliphatic rings. The van der Waals surface area contributed by atoms with Crippen LogP contribution in [0.25, 0.3) is 21.5 Å². The molecule has 18 heavy (non-hydrogen) atoms. The van der Waals surface area contributed by atoms with Crippen molar-refractivity contribution in [1.29, 1.82) is 0 Å². The van der Waals surface area contributed by atoms with Gasteiger partial charge in [-0.3, -0.25) is 4.79 Å². The van der Waals surface area contributed by atoms with Gasteiger partial charge in [-0.15, -0.1) is 0 Å². The number of carbonyl (C=O) groups is 1. The van der Waals surface area contributed by atoms with Crippen LogP contribution in [-0.2, 0) is 0 Å². The smallest absolute Gasteiger partial charge is 0.196 e. The largest absolute Gasteiger partial charge is 0.380 e. The minimum absolute atomic E-state index is 0.188. The molecular weight excluding hydrogens is 224 g/mol. The van der Waals surface area contributed by atoms with Gasteiger partial charge in [0.15, 0.2) is 5.78 Å². The van der Waals surface area contributed by atoms with Gasteiger partial charge in [0.25, 0.3) is 0 Å². The lowest BCUT2D eigenvalue weighted by Crippen LogP contribution is -2.04. The first-order chi connectivity index (χ1) is 8.77. The Kier molecular flexibility index (Phi) is 1.73. The number of aliphatic hydroxyl groups excluding tert-OH is 1. The van der Waals surface area contributed by atoms with Gasteiger partial charge in [-0.1, -0.05) is 42.5 Å². The number of hydrogen-bond acceptors (Lipinski definition) is 2. The third-order valence-electron chi connectivity index (χ3n) is 3.72. The molecule has 0 aliphatic heterocycles. The minimum atomic E-state index is -1.02. The van der Waals surface area contributed by atoms with E-state index in [0.29, 0.717) is 5.56 Å². The van der Waals surface area contributed by atoms with Crippen molar-refractivity contribution >= 4 is 27.3 Å². The van der Waals surface area contributed by atoms with Gasteiger partial charge < -0.3 is 5.11 Å². The predicted octanol–water partition coefficient (Wildman–Crippen LogP) is 3.22. The molecule has 0 amide bonds. The van der Waals surface area contributed by atoms with Crippen molar-refractivity contribution in [3.63, 3.8) is 0 Å². The monoisotopic (exact) mass is 234 g/mol. The van der Waals surface area contributed by atoms with E-state index in [9.17, 15) is 9.90 Å². The number of benzene rings is 3. The normalized spacial score (nSPS) is 17.8. The number of fused-ring (bicyclic) bond motifs is 2. The van der Waals surface area contributed by atoms with Crippen LogP contribution >= 0.6 is 0 Å². The Bertz CT molecular complexity index is 818. The van der Waals surface area contributed by atoms with E-state index in [4.69, 9.17) is 0 Å². The fraction of sp³-hybridized carbons (Fsp3) is 0.0625. The maximum absolute atomic E-state index is 12.1. The highest BCUT2D eigenvalue weighted by atomic mass is 16.3. The quantitative estimate of drug-likeness (QED) is 0.606. The second-order valence-corrected chi connectivity index (χ2v) is 4.68. The van der Waals surface area contributed by atoms with E-state index in [1.807, 2.05) is 36.4 Å². The summed E-state index contributed by atoms with van der Waals surface area (Å²) in [6, 6.07) is 15.6. The summed E-state index contributed by atoms with van der Waals surface area (Å²) in [5.41, 5.74) is 1.41. The topological polar surface area (TPSA) is 37.3 Å². The lowest BCUT2D eigenvalue weighted by Gasteiger charge is -2.08. The fourth-order valence-corrected chi connectivity index (χ4v) is 2.93. The van der Waals surface area contributed by atoms with E-state index in [-0.39, 0.29) is 5.78 Å². The molecule has 2 heteroatoms. The molecule has 86 valence electrons. The molecule has 4 rings (SSSR count). The molecule has 1 aliphatic carbocycles. The van der Waals surface area contributed by atoms with Crippen LogP contribution in [0, 0.1) is 0 Å². The second-order valence-electron chi connectivity index (χ2n) is 4.68. The van der Waals surface area contributed by atoms with Crippen LogP contribution in [0.1, 0.15) is 22.0 Å². The summed E-state index contributed by atoms with van der Waals surface area (Å²) >= 11 is 0. The first-order valence-corrected chi connectivity index (χ1v) is 5.94. The molecule has 0 unspecified atom stereocenters. The summed E-state index contributed by atoms with van der Waals surface area (Å²) in [5.74, 6) is -0.188. The summed E-state index contributed by atoms with van der Waals surface area (Å²) in [6.45, 7) is 0. The van der Waals surface area contributed by atoms with E-state index in [0.717, 1.165) is 27.1 Å². The lowest BCUT2D eigenvalue weighted by molar-refractivity contribution is 0.0768. The Hall–Kier alpha value is -2.19. The first-order valence-electron chi connectivity index (χ1n) is 5.94. The first kappa shape index (κ1) is 9.80. The van der Waals surface area contributed by atoms with Crippen molar-refractivity contribution in [2.45, 2.75) is 6.10 Å². The Morgan fingerprint density at radius 1 is 0.944 bits per heavy atom. The number of ketones is 1. The molecule has 0 bridgehead atoms. The van der Waals surface area contributed by atoms with Crippen molar-refractivity contribution in [1.82, 2.24) is 0 Å². The molecule has 3 aromatic rings. The summed E-state index contributed by atoms with van der Waals surface area (Å²) in [4.78, 5) is 12.1. The van der Waals surface area contributed by atoms with Crippen molar-refractivity contribution < 1.29 is 9.90 Å². The maximum Gasteiger partial charge on any atom is 0.196 e.